The number of methoxy groups -OCH3 is 1. The first-order chi connectivity index (χ1) is 8.08. The van der Waals surface area contributed by atoms with Gasteiger partial charge < -0.3 is 10.5 Å². The van der Waals surface area contributed by atoms with Crippen molar-refractivity contribution in [2.45, 2.75) is 0 Å². The Morgan fingerprint density at radius 3 is 2.76 bits per heavy atom. The molecule has 1 aromatic rings. The van der Waals surface area contributed by atoms with Crippen molar-refractivity contribution in [1.29, 1.82) is 0 Å². The molecule has 0 aliphatic heterocycles. The number of hydrogen-bond donors (Lipinski definition) is 1. The minimum absolute atomic E-state index is 0.411. The highest BCUT2D eigenvalue weighted by Crippen LogP contribution is 2.31. The third kappa shape index (κ3) is 4.33. The number of nitrogens with zero attached hydrogens (tertiary/aromatic N) is 2. The summed E-state index contributed by atoms with van der Waals surface area (Å²) in [4.78, 5) is 0. The van der Waals surface area contributed by atoms with Crippen molar-refractivity contribution in [3.8, 4) is 5.75 Å². The molecule has 0 heterocycles. The molecule has 0 saturated heterocycles. The highest BCUT2D eigenvalue weighted by atomic mass is 79.9. The van der Waals surface area contributed by atoms with Crippen LogP contribution in [0.5, 0.6) is 5.75 Å². The maximum atomic E-state index is 5.52. The fraction of sp³-hybridized carbons (Fsp3) is 0.200. The molecule has 0 radical (unpaired) electrons. The van der Waals surface area contributed by atoms with Gasteiger partial charge in [-0.2, -0.15) is 5.10 Å². The topological polar surface area (TPSA) is 60.0 Å². The second-order valence-electron chi connectivity index (χ2n) is 2.90. The Hall–Kier alpha value is -0.530. The summed E-state index contributed by atoms with van der Waals surface area (Å²) in [5.74, 6) is 0.704. The van der Waals surface area contributed by atoms with Crippen molar-refractivity contribution in [2.24, 2.45) is 15.9 Å². The van der Waals surface area contributed by atoms with E-state index in [4.69, 9.17) is 10.5 Å². The van der Waals surface area contributed by atoms with E-state index in [9.17, 15) is 0 Å². The smallest absolute Gasteiger partial charge is 0.180 e. The normalized spacial score (nSPS) is 12.1. The zero-order valence-corrected chi connectivity index (χ0v) is 13.3. The zero-order chi connectivity index (χ0) is 12.8. The average molecular weight is 381 g/mol. The predicted octanol–water partition coefficient (Wildman–Crippen LogP) is 3.23. The molecule has 4 nitrogen and oxygen atoms in total. The molecule has 0 fully saturated rings. The van der Waals surface area contributed by atoms with Crippen molar-refractivity contribution in [1.82, 2.24) is 0 Å². The first-order valence-corrected chi connectivity index (χ1v) is 7.33. The van der Waals surface area contributed by atoms with Crippen LogP contribution in [0, 0.1) is 0 Å². The molecule has 0 spiro atoms. The number of ether oxygens (including phenoxy) is 1. The molecular weight excluding hydrogens is 370 g/mol. The summed E-state index contributed by atoms with van der Waals surface area (Å²) < 4.78 is 7.04. The Bertz CT molecular complexity index is 463. The molecule has 0 bridgehead atoms. The average Bonchev–Trinajstić information content (AvgIpc) is 2.28. The molecule has 2 N–H and O–H groups in total. The first-order valence-electron chi connectivity index (χ1n) is 4.52. The molecule has 1 rings (SSSR count). The minimum atomic E-state index is 0.411. The molecule has 7 heteroatoms. The van der Waals surface area contributed by atoms with Crippen LogP contribution < -0.4 is 10.5 Å². The van der Waals surface area contributed by atoms with Crippen molar-refractivity contribution < 1.29 is 4.74 Å². The van der Waals surface area contributed by atoms with E-state index >= 15 is 0 Å². The van der Waals surface area contributed by atoms with Crippen LogP contribution in [-0.4, -0.2) is 24.7 Å². The van der Waals surface area contributed by atoms with Crippen LogP contribution in [0.4, 0.5) is 0 Å². The highest BCUT2D eigenvalue weighted by molar-refractivity contribution is 9.11. The number of halogens is 2. The molecule has 0 aliphatic rings. The van der Waals surface area contributed by atoms with E-state index in [0.717, 1.165) is 14.5 Å². The lowest BCUT2D eigenvalue weighted by atomic mass is 10.2. The van der Waals surface area contributed by atoms with Gasteiger partial charge in [0.1, 0.15) is 5.75 Å². The number of rotatable bonds is 3. The maximum Gasteiger partial charge on any atom is 0.180 e. The molecule has 0 atom stereocenters. The van der Waals surface area contributed by atoms with Crippen LogP contribution in [0.25, 0.3) is 0 Å². The van der Waals surface area contributed by atoms with Gasteiger partial charge in [-0.15, -0.1) is 5.10 Å². The number of benzene rings is 1. The minimum Gasteiger partial charge on any atom is -0.495 e. The van der Waals surface area contributed by atoms with Gasteiger partial charge in [0.25, 0.3) is 0 Å². The maximum absolute atomic E-state index is 5.52. The molecule has 0 aliphatic carbocycles. The van der Waals surface area contributed by atoms with Gasteiger partial charge in [0, 0.05) is 10.0 Å². The summed E-state index contributed by atoms with van der Waals surface area (Å²) >= 11 is 8.15. The van der Waals surface area contributed by atoms with E-state index in [1.54, 1.807) is 13.3 Å². The van der Waals surface area contributed by atoms with Crippen molar-refractivity contribution in [3.05, 3.63) is 26.6 Å². The fourth-order valence-electron chi connectivity index (χ4n) is 1.08. The van der Waals surface area contributed by atoms with Crippen LogP contribution in [0.15, 0.2) is 31.3 Å². The van der Waals surface area contributed by atoms with E-state index in [1.807, 2.05) is 18.4 Å². The number of thioether (sulfide) groups is 1. The van der Waals surface area contributed by atoms with Crippen LogP contribution in [-0.2, 0) is 0 Å². The van der Waals surface area contributed by atoms with Crippen molar-refractivity contribution in [3.63, 3.8) is 0 Å². The van der Waals surface area contributed by atoms with Crippen molar-refractivity contribution in [2.75, 3.05) is 13.4 Å². The van der Waals surface area contributed by atoms with Gasteiger partial charge in [0.05, 0.1) is 17.8 Å². The monoisotopic (exact) mass is 379 g/mol. The third-order valence-corrected chi connectivity index (χ3v) is 3.35. The Morgan fingerprint density at radius 1 is 1.47 bits per heavy atom. The van der Waals surface area contributed by atoms with Gasteiger partial charge in [-0.05, 0) is 34.3 Å². The lowest BCUT2D eigenvalue weighted by Crippen LogP contribution is -2.04. The molecule has 1 aromatic carbocycles. The van der Waals surface area contributed by atoms with Gasteiger partial charge in [0.15, 0.2) is 5.17 Å². The first kappa shape index (κ1) is 14.5. The van der Waals surface area contributed by atoms with Gasteiger partial charge >= 0.3 is 0 Å². The molecule has 17 heavy (non-hydrogen) atoms. The number of amidine groups is 1. The largest absolute Gasteiger partial charge is 0.495 e. The van der Waals surface area contributed by atoms with E-state index < -0.39 is 0 Å². The lowest BCUT2D eigenvalue weighted by molar-refractivity contribution is 0.411. The number of nitrogens with two attached hydrogens (primary N) is 1. The summed E-state index contributed by atoms with van der Waals surface area (Å²) in [6.07, 6.45) is 3.43. The van der Waals surface area contributed by atoms with Gasteiger partial charge in [0.2, 0.25) is 0 Å². The summed E-state index contributed by atoms with van der Waals surface area (Å²) in [6.45, 7) is 0. The molecule has 0 unspecified atom stereocenters. The standard InChI is InChI=1S/C10H11Br2N3OS/c1-16-9-6(3-7(11)4-8(9)12)5-14-15-10(13)17-2/h3-5H,1-2H3,(H2,13,15)/b14-5-. The van der Waals surface area contributed by atoms with E-state index in [-0.39, 0.29) is 0 Å². The molecule has 0 aromatic heterocycles. The Labute approximate surface area is 121 Å². The van der Waals surface area contributed by atoms with Gasteiger partial charge in [-0.1, -0.05) is 27.7 Å². The second-order valence-corrected chi connectivity index (χ2v) is 5.49. The van der Waals surface area contributed by atoms with Crippen LogP contribution in [0.1, 0.15) is 5.56 Å². The molecule has 0 amide bonds. The second kappa shape index (κ2) is 7.03. The predicted molar refractivity (Wildman–Crippen MR) is 81.1 cm³/mol. The lowest BCUT2D eigenvalue weighted by Gasteiger charge is -2.07. The zero-order valence-electron chi connectivity index (χ0n) is 9.28. The Kier molecular flexibility index (Phi) is 6.01. The summed E-state index contributed by atoms with van der Waals surface area (Å²) in [5, 5.41) is 8.12. The summed E-state index contributed by atoms with van der Waals surface area (Å²) in [6, 6.07) is 3.79. The summed E-state index contributed by atoms with van der Waals surface area (Å²) in [7, 11) is 1.60. The summed E-state index contributed by atoms with van der Waals surface area (Å²) in [5.41, 5.74) is 6.33. The van der Waals surface area contributed by atoms with Crippen LogP contribution >= 0.6 is 43.6 Å². The SMILES string of the molecule is COc1c(Br)cc(Br)cc1/C=N\N=C(/N)SC. The van der Waals surface area contributed by atoms with Crippen molar-refractivity contribution >= 4 is 55.0 Å². The number of hydrogen-bond acceptors (Lipinski definition) is 4. The van der Waals surface area contributed by atoms with Gasteiger partial charge in [-0.3, -0.25) is 0 Å². The molecule has 92 valence electrons. The fourth-order valence-corrected chi connectivity index (χ4v) is 2.63. The Balaban J connectivity index is 3.05. The molecule has 0 saturated carbocycles. The van der Waals surface area contributed by atoms with E-state index in [2.05, 4.69) is 42.1 Å². The van der Waals surface area contributed by atoms with Crippen LogP contribution in [0.2, 0.25) is 0 Å². The molecular formula is C10H11Br2N3OS. The van der Waals surface area contributed by atoms with Crippen LogP contribution in [0.3, 0.4) is 0 Å². The quantitative estimate of drug-likeness (QED) is 0.497. The van der Waals surface area contributed by atoms with E-state index in [1.165, 1.54) is 11.8 Å². The third-order valence-electron chi connectivity index (χ3n) is 1.80. The Morgan fingerprint density at radius 2 is 2.18 bits per heavy atom. The highest BCUT2D eigenvalue weighted by Gasteiger charge is 2.07. The van der Waals surface area contributed by atoms with Gasteiger partial charge in [-0.25, -0.2) is 0 Å². The van der Waals surface area contributed by atoms with E-state index in [0.29, 0.717) is 10.9 Å².